The Morgan fingerprint density at radius 3 is 1.09 bits per heavy atom. The predicted octanol–water partition coefficient (Wildman–Crippen LogP) is -2.34. The predicted molar refractivity (Wildman–Crippen MR) is 32.3 cm³/mol. The molecule has 0 atom stereocenters. The van der Waals surface area contributed by atoms with Crippen LogP contribution in [0.15, 0.2) is 0 Å². The molecule has 56 valence electrons. The summed E-state index contributed by atoms with van der Waals surface area (Å²) in [5.74, 6) is 0. The van der Waals surface area contributed by atoms with Crippen molar-refractivity contribution in [1.82, 2.24) is 0 Å². The smallest absolute Gasteiger partial charge is 0.759 e. The number of hydrogen-bond acceptors (Lipinski definition) is 7. The Morgan fingerprint density at radius 1 is 1.09 bits per heavy atom. The molecular weight excluding hydrogens is 286 g/mol. The van der Waals surface area contributed by atoms with Crippen molar-refractivity contribution in [3.8, 4) is 0 Å². The molecule has 0 bridgehead atoms. The average Bonchev–Trinajstić information content (AvgIpc) is 1.19. The fraction of sp³-hybridized carbons (Fsp3) is 0. The van der Waals surface area contributed by atoms with Crippen LogP contribution in [0.25, 0.3) is 0 Å². The zero-order valence-corrected chi connectivity index (χ0v) is 11.6. The summed E-state index contributed by atoms with van der Waals surface area (Å²) in [6.45, 7) is 0. The van der Waals surface area contributed by atoms with Gasteiger partial charge in [-0.1, -0.05) is 0 Å². The SMILES string of the molecule is O=S(=O)([O-])[O-].O=[N+]([O-])[O-].[Ca+2].[Sr+2]. The third-order valence-corrected chi connectivity index (χ3v) is 0. The van der Waals surface area contributed by atoms with Gasteiger partial charge in [-0.25, -0.2) is 0 Å². The van der Waals surface area contributed by atoms with Gasteiger partial charge in [-0.05, 0) is 0 Å². The first-order valence-electron chi connectivity index (χ1n) is 1.21. The molecule has 0 aliphatic heterocycles. The molecule has 0 amide bonds. The molecule has 0 rings (SSSR count). The quantitative estimate of drug-likeness (QED) is 0.159. The zero-order chi connectivity index (χ0) is 8.08. The summed E-state index contributed by atoms with van der Waals surface area (Å²) in [4.78, 5) is 8.25. The van der Waals surface area contributed by atoms with E-state index in [2.05, 4.69) is 0 Å². The van der Waals surface area contributed by atoms with Gasteiger partial charge in [0.05, 0.1) is 5.09 Å². The zero-order valence-electron chi connectivity index (χ0n) is 5.13. The minimum absolute atomic E-state index is 0. The minimum atomic E-state index is -5.17. The van der Waals surface area contributed by atoms with E-state index in [9.17, 15) is 0 Å². The van der Waals surface area contributed by atoms with E-state index in [1.54, 1.807) is 0 Å². The molecule has 0 heterocycles. The van der Waals surface area contributed by atoms with Crippen LogP contribution in [0.5, 0.6) is 0 Å². The van der Waals surface area contributed by atoms with E-state index < -0.39 is 15.5 Å². The summed E-state index contributed by atoms with van der Waals surface area (Å²) in [5, 5.41) is 14.8. The maximum absolute atomic E-state index is 8.52. The van der Waals surface area contributed by atoms with Crippen LogP contribution in [0, 0.1) is 15.3 Å². The van der Waals surface area contributed by atoms with Gasteiger partial charge in [0.25, 0.3) is 0 Å². The molecule has 0 fully saturated rings. The summed E-state index contributed by atoms with van der Waals surface area (Å²) in [6.07, 6.45) is 0. The normalized spacial score (nSPS) is 7.45. The maximum Gasteiger partial charge on any atom is 2.00 e. The van der Waals surface area contributed by atoms with Crippen LogP contribution in [0.3, 0.4) is 0 Å². The first-order valence-corrected chi connectivity index (χ1v) is 2.55. The van der Waals surface area contributed by atoms with Crippen molar-refractivity contribution < 1.29 is 22.6 Å². The van der Waals surface area contributed by atoms with E-state index in [0.717, 1.165) is 0 Å². The van der Waals surface area contributed by atoms with E-state index in [4.69, 9.17) is 32.8 Å². The molecule has 8 nitrogen and oxygen atoms in total. The van der Waals surface area contributed by atoms with Gasteiger partial charge in [0.2, 0.25) is 0 Å². The monoisotopic (exact) mass is 286 g/mol. The Balaban J connectivity index is -0.0000000383. The Bertz CT molecular complexity index is 161. The van der Waals surface area contributed by atoms with E-state index in [0.29, 0.717) is 0 Å². The van der Waals surface area contributed by atoms with Crippen molar-refractivity contribution >= 4 is 93.6 Å². The topological polar surface area (TPSA) is 146 Å². The Kier molecular flexibility index (Phi) is 24.7. The largest absolute Gasteiger partial charge is 2.00 e. The average molecular weight is 286 g/mol. The second-order valence-electron chi connectivity index (χ2n) is 0.632. The van der Waals surface area contributed by atoms with Gasteiger partial charge >= 0.3 is 83.2 Å². The fourth-order valence-electron chi connectivity index (χ4n) is 0. The molecule has 0 N–H and O–H groups in total. The number of hydrogen-bond donors (Lipinski definition) is 0. The number of rotatable bonds is 0. The standard InChI is InChI=1S/Ca.NO3.H2O4S.Sr/c;2-1(3)4;1-5(2,3)4;/h;;(H2,1,2,3,4);/q+2;-1;;+2/p-2. The molecule has 0 aromatic rings. The van der Waals surface area contributed by atoms with Crippen LogP contribution in [0.1, 0.15) is 0 Å². The second kappa shape index (κ2) is 11.8. The molecular formula is CaNO7SSr+. The first-order chi connectivity index (χ1) is 3.73. The van der Waals surface area contributed by atoms with Crippen LogP contribution in [0.2, 0.25) is 0 Å². The molecule has 0 aromatic heterocycles. The Hall–Kier alpha value is 1.81. The van der Waals surface area contributed by atoms with Gasteiger partial charge in [-0.15, -0.1) is 0 Å². The van der Waals surface area contributed by atoms with Gasteiger partial charge < -0.3 is 24.4 Å². The van der Waals surface area contributed by atoms with Crippen LogP contribution in [-0.4, -0.2) is 106 Å². The van der Waals surface area contributed by atoms with Crippen molar-refractivity contribution in [3.05, 3.63) is 15.3 Å². The van der Waals surface area contributed by atoms with Gasteiger partial charge in [0.1, 0.15) is 0 Å². The second-order valence-corrected chi connectivity index (χ2v) is 1.45. The van der Waals surface area contributed by atoms with E-state index in [-0.39, 0.29) is 83.2 Å². The summed E-state index contributed by atoms with van der Waals surface area (Å²) in [7, 11) is -5.17. The van der Waals surface area contributed by atoms with Gasteiger partial charge in [-0.2, -0.15) is 0 Å². The third kappa shape index (κ3) is 347. The molecule has 0 saturated carbocycles. The van der Waals surface area contributed by atoms with E-state index >= 15 is 0 Å². The summed E-state index contributed by atoms with van der Waals surface area (Å²) in [6, 6.07) is 0. The molecule has 0 aliphatic rings. The Labute approximate surface area is 129 Å². The molecule has 0 aromatic carbocycles. The van der Waals surface area contributed by atoms with Gasteiger partial charge in [0.15, 0.2) is 0 Å². The van der Waals surface area contributed by atoms with Crippen LogP contribution >= 0.6 is 0 Å². The molecule has 0 radical (unpaired) electrons. The molecule has 11 heavy (non-hydrogen) atoms. The van der Waals surface area contributed by atoms with Crippen molar-refractivity contribution in [2.45, 2.75) is 0 Å². The van der Waals surface area contributed by atoms with Crippen LogP contribution in [0.4, 0.5) is 0 Å². The fourth-order valence-corrected chi connectivity index (χ4v) is 0. The van der Waals surface area contributed by atoms with Gasteiger partial charge in [-0.3, -0.25) is 8.42 Å². The maximum atomic E-state index is 8.52. The van der Waals surface area contributed by atoms with E-state index in [1.165, 1.54) is 0 Å². The molecule has 0 unspecified atom stereocenters. The van der Waals surface area contributed by atoms with Crippen LogP contribution < -0.4 is 0 Å². The summed E-state index contributed by atoms with van der Waals surface area (Å²) < 4.78 is 34.1. The van der Waals surface area contributed by atoms with Crippen molar-refractivity contribution in [2.75, 3.05) is 0 Å². The Morgan fingerprint density at radius 2 is 1.09 bits per heavy atom. The molecule has 0 aliphatic carbocycles. The molecule has 11 heteroatoms. The number of nitrogens with zero attached hydrogens (tertiary/aromatic N) is 1. The van der Waals surface area contributed by atoms with Crippen molar-refractivity contribution in [2.24, 2.45) is 0 Å². The molecule has 0 saturated heterocycles. The van der Waals surface area contributed by atoms with Crippen molar-refractivity contribution in [1.29, 1.82) is 0 Å². The van der Waals surface area contributed by atoms with Gasteiger partial charge in [0, 0.05) is 10.4 Å². The molecule has 0 spiro atoms. The van der Waals surface area contributed by atoms with E-state index in [1.807, 2.05) is 0 Å². The summed E-state index contributed by atoms with van der Waals surface area (Å²) >= 11 is 0. The van der Waals surface area contributed by atoms with Crippen LogP contribution in [-0.2, 0) is 10.4 Å². The van der Waals surface area contributed by atoms with Crippen molar-refractivity contribution in [3.63, 3.8) is 0 Å². The third-order valence-electron chi connectivity index (χ3n) is 0. The first kappa shape index (κ1) is 23.0. The summed E-state index contributed by atoms with van der Waals surface area (Å²) in [5.41, 5.74) is 0. The minimum Gasteiger partial charge on any atom is -0.759 e.